The van der Waals surface area contributed by atoms with E-state index in [1.54, 1.807) is 0 Å². The number of aliphatic hydroxyl groups excluding tert-OH is 1. The molecule has 10 heavy (non-hydrogen) atoms. The van der Waals surface area contributed by atoms with Crippen LogP contribution >= 0.6 is 0 Å². The van der Waals surface area contributed by atoms with Gasteiger partial charge < -0.3 is 5.11 Å². The number of hydrogen-bond acceptors (Lipinski definition) is 1. The van der Waals surface area contributed by atoms with Crippen LogP contribution in [0.15, 0.2) is 0 Å². The second-order valence-corrected chi connectivity index (χ2v) is 3.33. The van der Waals surface area contributed by atoms with Crippen molar-refractivity contribution in [3.8, 4) is 0 Å². The maximum absolute atomic E-state index is 9.35. The van der Waals surface area contributed by atoms with Crippen LogP contribution in [0.4, 0.5) is 0 Å². The van der Waals surface area contributed by atoms with Crippen molar-refractivity contribution < 1.29 is 34.7 Å². The fourth-order valence-electron chi connectivity index (χ4n) is 1.55. The summed E-state index contributed by atoms with van der Waals surface area (Å²) in [5.74, 6) is 1.26. The summed E-state index contributed by atoms with van der Waals surface area (Å²) in [6.07, 6.45) is 3.52. The van der Waals surface area contributed by atoms with Crippen molar-refractivity contribution in [1.82, 2.24) is 0 Å². The van der Waals surface area contributed by atoms with Crippen LogP contribution in [0.3, 0.4) is 0 Å². The molecule has 0 saturated heterocycles. The molecule has 3 atom stereocenters. The van der Waals surface area contributed by atoms with E-state index in [4.69, 9.17) is 0 Å². The Hall–Kier alpha value is 0.960. The Morgan fingerprint density at radius 1 is 1.20 bits per heavy atom. The first kappa shape index (κ1) is 11.0. The van der Waals surface area contributed by atoms with E-state index in [0.29, 0.717) is 5.92 Å². The fraction of sp³-hybridized carbons (Fsp3) is 1.00. The maximum Gasteiger partial charge on any atom is 1.00 e. The molecule has 0 heterocycles. The van der Waals surface area contributed by atoms with Crippen molar-refractivity contribution >= 4 is 0 Å². The average Bonchev–Trinajstić information content (AvgIpc) is 1.83. The molecule has 0 spiro atoms. The van der Waals surface area contributed by atoms with Crippen molar-refractivity contribution in [2.24, 2.45) is 11.8 Å². The van der Waals surface area contributed by atoms with Gasteiger partial charge in [-0.25, -0.2) is 0 Å². The molecule has 1 N–H and O–H groups in total. The van der Waals surface area contributed by atoms with E-state index in [2.05, 4.69) is 13.8 Å². The van der Waals surface area contributed by atoms with Crippen LogP contribution in [0.2, 0.25) is 0 Å². The summed E-state index contributed by atoms with van der Waals surface area (Å²) in [4.78, 5) is 0. The van der Waals surface area contributed by atoms with Gasteiger partial charge in [0.2, 0.25) is 0 Å². The molecule has 1 nitrogen and oxygen atoms in total. The molecule has 1 aliphatic carbocycles. The zero-order chi connectivity index (χ0) is 6.85. The molecule has 1 saturated carbocycles. The van der Waals surface area contributed by atoms with Crippen molar-refractivity contribution in [1.29, 1.82) is 0 Å². The SMILES string of the molecule is CC1CCCC(O)C1C.[Na+]. The van der Waals surface area contributed by atoms with Crippen molar-refractivity contribution in [3.63, 3.8) is 0 Å². The van der Waals surface area contributed by atoms with Crippen LogP contribution in [-0.4, -0.2) is 11.2 Å². The molecule has 0 amide bonds. The van der Waals surface area contributed by atoms with Crippen molar-refractivity contribution in [2.75, 3.05) is 0 Å². The Labute approximate surface area is 85.5 Å². The van der Waals surface area contributed by atoms with Crippen LogP contribution in [0, 0.1) is 11.8 Å². The van der Waals surface area contributed by atoms with Gasteiger partial charge in [-0.1, -0.05) is 26.7 Å². The Kier molecular flexibility index (Phi) is 5.22. The van der Waals surface area contributed by atoms with E-state index >= 15 is 0 Å². The monoisotopic (exact) mass is 151 g/mol. The predicted octanol–water partition coefficient (Wildman–Crippen LogP) is -1.19. The summed E-state index contributed by atoms with van der Waals surface area (Å²) in [6, 6.07) is 0. The fourth-order valence-corrected chi connectivity index (χ4v) is 1.55. The standard InChI is InChI=1S/C8H16O.Na/c1-6-4-3-5-8(9)7(6)2;/h6-9H,3-5H2,1-2H3;/q;+1. The molecule has 0 aliphatic heterocycles. The second kappa shape index (κ2) is 4.76. The van der Waals surface area contributed by atoms with Crippen molar-refractivity contribution in [2.45, 2.75) is 39.2 Å². The predicted molar refractivity (Wildman–Crippen MR) is 38.2 cm³/mol. The van der Waals surface area contributed by atoms with Crippen LogP contribution in [0.5, 0.6) is 0 Å². The van der Waals surface area contributed by atoms with Gasteiger partial charge in [0, 0.05) is 0 Å². The van der Waals surface area contributed by atoms with Crippen molar-refractivity contribution in [3.05, 3.63) is 0 Å². The van der Waals surface area contributed by atoms with Gasteiger partial charge in [-0.05, 0) is 18.3 Å². The van der Waals surface area contributed by atoms with Gasteiger partial charge in [0.05, 0.1) is 6.10 Å². The van der Waals surface area contributed by atoms with Gasteiger partial charge in [-0.2, -0.15) is 0 Å². The summed E-state index contributed by atoms with van der Waals surface area (Å²) in [6.45, 7) is 4.38. The van der Waals surface area contributed by atoms with E-state index in [0.717, 1.165) is 12.3 Å². The summed E-state index contributed by atoms with van der Waals surface area (Å²) < 4.78 is 0. The van der Waals surface area contributed by atoms with Crippen LogP contribution in [0.25, 0.3) is 0 Å². The van der Waals surface area contributed by atoms with Gasteiger partial charge in [0.25, 0.3) is 0 Å². The molecule has 2 heteroatoms. The molecule has 1 aliphatic rings. The van der Waals surface area contributed by atoms with Gasteiger partial charge in [0.1, 0.15) is 0 Å². The first-order valence-corrected chi connectivity index (χ1v) is 3.90. The van der Waals surface area contributed by atoms with E-state index in [1.165, 1.54) is 12.8 Å². The van der Waals surface area contributed by atoms with E-state index < -0.39 is 0 Å². The number of aliphatic hydroxyl groups is 1. The van der Waals surface area contributed by atoms with Gasteiger partial charge >= 0.3 is 29.6 Å². The molecule has 0 aromatic rings. The number of hydrogen-bond donors (Lipinski definition) is 1. The van der Waals surface area contributed by atoms with Crippen LogP contribution in [-0.2, 0) is 0 Å². The molecule has 0 aromatic heterocycles. The third-order valence-electron chi connectivity index (χ3n) is 2.66. The molecular formula is C8H16NaO+. The normalized spacial score (nSPS) is 40.5. The zero-order valence-electron chi connectivity index (χ0n) is 7.30. The minimum absolute atomic E-state index is 0. The number of rotatable bonds is 0. The molecule has 3 unspecified atom stereocenters. The minimum Gasteiger partial charge on any atom is -0.393 e. The molecule has 1 fully saturated rings. The third-order valence-corrected chi connectivity index (χ3v) is 2.66. The van der Waals surface area contributed by atoms with Crippen LogP contribution in [0.1, 0.15) is 33.1 Å². The molecule has 0 aromatic carbocycles. The minimum atomic E-state index is -0.0197. The Bertz CT molecular complexity index is 85.3. The van der Waals surface area contributed by atoms with Crippen LogP contribution < -0.4 is 29.6 Å². The quantitative estimate of drug-likeness (QED) is 0.431. The second-order valence-electron chi connectivity index (χ2n) is 3.33. The Morgan fingerprint density at radius 3 is 2.20 bits per heavy atom. The summed E-state index contributed by atoms with van der Waals surface area (Å²) in [5.41, 5.74) is 0. The first-order valence-electron chi connectivity index (χ1n) is 3.90. The summed E-state index contributed by atoms with van der Waals surface area (Å²) in [7, 11) is 0. The van der Waals surface area contributed by atoms with Gasteiger partial charge in [-0.15, -0.1) is 0 Å². The molecule has 0 bridgehead atoms. The average molecular weight is 151 g/mol. The Balaban J connectivity index is 0.000000810. The topological polar surface area (TPSA) is 20.2 Å². The van der Waals surface area contributed by atoms with E-state index in [-0.39, 0.29) is 35.7 Å². The maximum atomic E-state index is 9.35. The molecule has 54 valence electrons. The first-order chi connectivity index (χ1) is 4.22. The van der Waals surface area contributed by atoms with E-state index in [1.807, 2.05) is 0 Å². The molecular weight excluding hydrogens is 135 g/mol. The van der Waals surface area contributed by atoms with Gasteiger partial charge in [-0.3, -0.25) is 0 Å². The summed E-state index contributed by atoms with van der Waals surface area (Å²) >= 11 is 0. The largest absolute Gasteiger partial charge is 1.00 e. The zero-order valence-corrected chi connectivity index (χ0v) is 9.30. The summed E-state index contributed by atoms with van der Waals surface area (Å²) in [5, 5.41) is 9.35. The smallest absolute Gasteiger partial charge is 0.393 e. The third kappa shape index (κ3) is 2.54. The molecule has 0 radical (unpaired) electrons. The van der Waals surface area contributed by atoms with E-state index in [9.17, 15) is 5.11 Å². The Morgan fingerprint density at radius 2 is 1.80 bits per heavy atom. The molecule has 1 rings (SSSR count). The van der Waals surface area contributed by atoms with Gasteiger partial charge in [0.15, 0.2) is 0 Å².